The molecule has 0 rings (SSSR count). The van der Waals surface area contributed by atoms with Gasteiger partial charge in [-0.1, -0.05) is 26.7 Å². The zero-order valence-corrected chi connectivity index (χ0v) is 27.6. The molecule has 1 atom stereocenters. The summed E-state index contributed by atoms with van der Waals surface area (Å²) in [5.74, 6) is 0. The van der Waals surface area contributed by atoms with Gasteiger partial charge in [0.15, 0.2) is 9.03 Å². The number of nitrogens with zero attached hydrogens (tertiary/aromatic N) is 1. The van der Waals surface area contributed by atoms with Crippen LogP contribution in [0.5, 0.6) is 0 Å². The van der Waals surface area contributed by atoms with Crippen molar-refractivity contribution >= 4 is 9.03 Å². The predicted molar refractivity (Wildman–Crippen MR) is 161 cm³/mol. The van der Waals surface area contributed by atoms with Gasteiger partial charge in [0.2, 0.25) is 4.29 Å². The summed E-state index contributed by atoms with van der Waals surface area (Å²) in [6.45, 7) is 16.4. The Kier molecular flexibility index (Phi) is 44.6. The summed E-state index contributed by atoms with van der Waals surface area (Å²) in [6, 6.07) is 2.02. The number of ether oxygens (including phenoxy) is 4. The minimum absolute atomic E-state index is 0. The normalized spacial score (nSPS) is 11.8. The van der Waals surface area contributed by atoms with Crippen LogP contribution in [0.2, 0.25) is 0 Å². The van der Waals surface area contributed by atoms with Gasteiger partial charge in [-0.05, 0) is 32.1 Å². The summed E-state index contributed by atoms with van der Waals surface area (Å²) in [7, 11) is -0.0150. The molecule has 0 bridgehead atoms. The van der Waals surface area contributed by atoms with Gasteiger partial charge in [-0.3, -0.25) is 0 Å². The molecule has 0 aromatic rings. The van der Waals surface area contributed by atoms with E-state index in [4.69, 9.17) is 37.6 Å². The predicted octanol–water partition coefficient (Wildman–Crippen LogP) is 4.66. The molecule has 41 heavy (non-hydrogen) atoms. The first-order valence-electron chi connectivity index (χ1n) is 15.8. The summed E-state index contributed by atoms with van der Waals surface area (Å²) in [5.41, 5.74) is -0.522. The van der Waals surface area contributed by atoms with Crippen molar-refractivity contribution in [1.82, 2.24) is 0 Å². The molecule has 1 unspecified atom stereocenters. The van der Waals surface area contributed by atoms with Crippen LogP contribution < -0.4 is 0 Å². The van der Waals surface area contributed by atoms with Crippen molar-refractivity contribution in [2.75, 3.05) is 85.9 Å². The fourth-order valence-corrected chi connectivity index (χ4v) is 3.34. The van der Waals surface area contributed by atoms with Gasteiger partial charge in [0.25, 0.3) is 0 Å². The maximum Gasteiger partial charge on any atom is 2.00 e. The second-order valence-electron chi connectivity index (χ2n) is 8.99. The fourth-order valence-electron chi connectivity index (χ4n) is 2.84. The second-order valence-corrected chi connectivity index (χ2v) is 9.73. The summed E-state index contributed by atoms with van der Waals surface area (Å²) in [5, 5.41) is 21.5. The molecule has 3 N–H and O–H groups in total. The Labute approximate surface area is 267 Å². The van der Waals surface area contributed by atoms with Crippen LogP contribution in [0.25, 0.3) is 0 Å². The largest absolute Gasteiger partial charge is 2.00 e. The minimum Gasteiger partial charge on any atom is -0.396 e. The number of aliphatic hydroxyl groups excluding tert-OH is 3. The third-order valence-corrected chi connectivity index (χ3v) is 5.29. The van der Waals surface area contributed by atoms with Crippen molar-refractivity contribution in [3.63, 3.8) is 0 Å². The first kappa shape index (κ1) is 41.1. The molecule has 0 radical (unpaired) electrons. The standard InChI is InChI=1S/C23H46NO9P.2C3H7.Ni/c24-9-5-18-33-34-32-17-4-2-1-3-13-28-19-23(20-29-14-6-10-25,21-30-15-7-11-26)22-31-16-8-12-27;2*1-3-2;/h25-27,34H,1-8,10-22H2;2*1,3H2,2H3;/q;2*-1;+2/i25D,26D,27D;;;. The Morgan fingerprint density at radius 2 is 1.02 bits per heavy atom. The van der Waals surface area contributed by atoms with Gasteiger partial charge in [-0.15, -0.1) is 0 Å². The van der Waals surface area contributed by atoms with Gasteiger partial charge in [0, 0.05) is 46.2 Å². The van der Waals surface area contributed by atoms with Crippen LogP contribution in [0.4, 0.5) is 0 Å². The molecule has 0 spiro atoms. The van der Waals surface area contributed by atoms with Crippen LogP contribution in [-0.2, 0) is 44.5 Å². The monoisotopic (exact) mass is 658 g/mol. The third-order valence-electron chi connectivity index (χ3n) is 4.65. The van der Waals surface area contributed by atoms with Crippen LogP contribution in [-0.4, -0.2) is 106 Å². The van der Waals surface area contributed by atoms with E-state index in [2.05, 4.69) is 29.2 Å². The molecule has 10 nitrogen and oxygen atoms in total. The molecule has 12 heteroatoms. The van der Waals surface area contributed by atoms with E-state index in [1.54, 1.807) is 0 Å². The maximum absolute atomic E-state index is 8.45. The van der Waals surface area contributed by atoms with E-state index >= 15 is 0 Å². The van der Waals surface area contributed by atoms with E-state index in [1.807, 2.05) is 19.9 Å². The van der Waals surface area contributed by atoms with Gasteiger partial charge in [-0.25, -0.2) is 0 Å². The number of rotatable bonds is 31. The van der Waals surface area contributed by atoms with Crippen molar-refractivity contribution in [2.24, 2.45) is 5.41 Å². The molecule has 0 aromatic heterocycles. The third kappa shape index (κ3) is 42.2. The van der Waals surface area contributed by atoms with Gasteiger partial charge in [0.05, 0.1) is 57.5 Å². The molecule has 0 amide bonds. The molecule has 0 aromatic carbocycles. The van der Waals surface area contributed by atoms with E-state index in [9.17, 15) is 0 Å². The van der Waals surface area contributed by atoms with Crippen molar-refractivity contribution < 1.29 is 59.8 Å². The average Bonchev–Trinajstić information content (AvgIpc) is 3.00. The summed E-state index contributed by atoms with van der Waals surface area (Å²) >= 11 is 0. The van der Waals surface area contributed by atoms with E-state index in [1.165, 1.54) is 0 Å². The zero-order valence-electron chi connectivity index (χ0n) is 28.6. The Bertz CT molecular complexity index is 511. The van der Waals surface area contributed by atoms with Crippen molar-refractivity contribution in [3.8, 4) is 6.07 Å². The minimum atomic E-state index is -0.522. The van der Waals surface area contributed by atoms with Crippen LogP contribution >= 0.6 is 9.03 Å². The van der Waals surface area contributed by atoms with Crippen LogP contribution in [0.15, 0.2) is 0 Å². The molecule has 0 heterocycles. The summed E-state index contributed by atoms with van der Waals surface area (Å²) in [4.78, 5) is 0. The van der Waals surface area contributed by atoms with Gasteiger partial charge >= 0.3 is 16.5 Å². The Balaban J connectivity index is -0.00000105. The van der Waals surface area contributed by atoms with E-state index in [0.29, 0.717) is 112 Å². The van der Waals surface area contributed by atoms with Crippen LogP contribution in [0.1, 0.15) is 78.1 Å². The first-order chi connectivity index (χ1) is 21.1. The van der Waals surface area contributed by atoms with Gasteiger partial charge < -0.3 is 57.2 Å². The number of unbranched alkanes of at least 4 members (excludes halogenated alkanes) is 3. The summed E-state index contributed by atoms with van der Waals surface area (Å²) < 4.78 is 54.6. The van der Waals surface area contributed by atoms with Gasteiger partial charge in [-0.2, -0.15) is 18.1 Å². The van der Waals surface area contributed by atoms with Crippen LogP contribution in [0.3, 0.4) is 0 Å². The Morgan fingerprint density at radius 3 is 1.41 bits per heavy atom. The van der Waals surface area contributed by atoms with Crippen molar-refractivity contribution in [3.05, 3.63) is 13.8 Å². The first-order valence-corrected chi connectivity index (χ1v) is 15.4. The second kappa shape index (κ2) is 44.5. The SMILES string of the molecule is [2H]OCCCOCC(COCCCCCCOPOCCC#N)(COCCCO[2H])COCCCO[2H].[CH2-]CC.[CH2-]CC.[Ni+2]. The quantitative estimate of drug-likeness (QED) is 0.0417. The molecule has 0 saturated heterocycles. The molecule has 0 aliphatic heterocycles. The van der Waals surface area contributed by atoms with Crippen molar-refractivity contribution in [1.29, 1.82) is 9.56 Å². The molecular formula is C29H60NNiO9P. The fraction of sp³-hybridized carbons (Fsp3) is 0.897. The van der Waals surface area contributed by atoms with Crippen LogP contribution in [0, 0.1) is 30.6 Å². The molecule has 0 fully saturated rings. The maximum atomic E-state index is 8.45. The molecule has 0 saturated carbocycles. The van der Waals surface area contributed by atoms with E-state index < -0.39 is 5.41 Å². The molecule has 0 aliphatic rings. The number of nitriles is 1. The van der Waals surface area contributed by atoms with E-state index in [0.717, 1.165) is 38.5 Å². The topological polar surface area (TPSA) is 140 Å². The molecule has 250 valence electrons. The molecular weight excluding hydrogens is 596 g/mol. The zero-order chi connectivity index (χ0) is 32.5. The number of aliphatic hydroxyl groups is 3. The average molecular weight is 659 g/mol. The Hall–Kier alpha value is 0.0535. The smallest absolute Gasteiger partial charge is 0.396 e. The Morgan fingerprint density at radius 1 is 0.659 bits per heavy atom. The molecule has 0 aliphatic carbocycles. The van der Waals surface area contributed by atoms with Crippen molar-refractivity contribution in [2.45, 2.75) is 78.1 Å². The van der Waals surface area contributed by atoms with Gasteiger partial charge in [0.1, 0.15) is 0 Å². The van der Waals surface area contributed by atoms with E-state index in [-0.39, 0.29) is 25.5 Å². The number of hydrogen-bond donors (Lipinski definition) is 3. The summed E-state index contributed by atoms with van der Waals surface area (Å²) in [6.07, 6.45) is 8.12. The number of hydrogen-bond acceptors (Lipinski definition) is 10.